The Balaban J connectivity index is 1.65. The van der Waals surface area contributed by atoms with Gasteiger partial charge in [-0.05, 0) is 51.0 Å². The maximum Gasteiger partial charge on any atom is 0.0128 e. The fourth-order valence-electron chi connectivity index (χ4n) is 4.02. The van der Waals surface area contributed by atoms with Gasteiger partial charge in [-0.15, -0.1) is 0 Å². The van der Waals surface area contributed by atoms with Gasteiger partial charge in [-0.1, -0.05) is 12.8 Å². The Morgan fingerprint density at radius 3 is 2.47 bits per heavy atom. The minimum Gasteiger partial charge on any atom is -0.328 e. The van der Waals surface area contributed by atoms with E-state index in [-0.39, 0.29) is 0 Å². The normalized spacial score (nSPS) is 47.0. The number of likely N-dealkylation sites (tertiary alicyclic amines) is 1. The molecule has 0 aromatic carbocycles. The van der Waals surface area contributed by atoms with Crippen molar-refractivity contribution in [3.05, 3.63) is 0 Å². The van der Waals surface area contributed by atoms with E-state index in [1.54, 1.807) is 0 Å². The number of fused-ring (bicyclic) bond motifs is 1. The van der Waals surface area contributed by atoms with Crippen LogP contribution in [0.3, 0.4) is 0 Å². The predicted molar refractivity (Wildman–Crippen MR) is 62.7 cm³/mol. The van der Waals surface area contributed by atoms with Crippen LogP contribution < -0.4 is 5.73 Å². The lowest BCUT2D eigenvalue weighted by molar-refractivity contribution is -0.00762. The van der Waals surface area contributed by atoms with Crippen LogP contribution in [0.15, 0.2) is 0 Å². The molecule has 2 saturated carbocycles. The first kappa shape index (κ1) is 10.1. The van der Waals surface area contributed by atoms with Crippen molar-refractivity contribution >= 4 is 0 Å². The minimum atomic E-state index is 0.513. The van der Waals surface area contributed by atoms with E-state index in [9.17, 15) is 0 Å². The largest absolute Gasteiger partial charge is 0.328 e. The third-order valence-corrected chi connectivity index (χ3v) is 4.90. The summed E-state index contributed by atoms with van der Waals surface area (Å²) in [6.45, 7) is 1.36. The molecule has 2 N–H and O–H groups in total. The molecular formula is C13H24N2. The number of hydrogen-bond acceptors (Lipinski definition) is 2. The summed E-state index contributed by atoms with van der Waals surface area (Å²) in [6, 6.07) is 2.30. The molecule has 1 heterocycles. The maximum atomic E-state index is 5.92. The van der Waals surface area contributed by atoms with Crippen LogP contribution >= 0.6 is 0 Å². The second-order valence-electron chi connectivity index (χ2n) is 5.88. The van der Waals surface area contributed by atoms with E-state index in [1.165, 1.54) is 57.9 Å². The number of nitrogens with zero attached hydrogens (tertiary/aromatic N) is 1. The molecule has 1 saturated heterocycles. The van der Waals surface area contributed by atoms with Crippen LogP contribution in [0.4, 0.5) is 0 Å². The Hall–Kier alpha value is -0.0800. The van der Waals surface area contributed by atoms with Gasteiger partial charge in [-0.25, -0.2) is 0 Å². The Morgan fingerprint density at radius 1 is 0.933 bits per heavy atom. The summed E-state index contributed by atoms with van der Waals surface area (Å²) in [5, 5.41) is 0. The molecule has 0 unspecified atom stereocenters. The number of hydrogen-bond donors (Lipinski definition) is 1. The molecule has 0 aromatic heterocycles. The highest BCUT2D eigenvalue weighted by molar-refractivity contribution is 4.96. The first-order valence-corrected chi connectivity index (χ1v) is 6.86. The van der Waals surface area contributed by atoms with Gasteiger partial charge in [0.05, 0.1) is 0 Å². The van der Waals surface area contributed by atoms with Gasteiger partial charge in [0, 0.05) is 18.1 Å². The third kappa shape index (κ3) is 1.83. The van der Waals surface area contributed by atoms with Gasteiger partial charge >= 0.3 is 0 Å². The lowest BCUT2D eigenvalue weighted by Crippen LogP contribution is -2.58. The molecule has 3 rings (SSSR count). The smallest absolute Gasteiger partial charge is 0.0128 e. The first-order chi connectivity index (χ1) is 7.34. The molecule has 86 valence electrons. The number of rotatable bonds is 1. The van der Waals surface area contributed by atoms with Crippen LogP contribution in [-0.4, -0.2) is 29.6 Å². The highest BCUT2D eigenvalue weighted by Crippen LogP contribution is 2.39. The van der Waals surface area contributed by atoms with Gasteiger partial charge < -0.3 is 5.73 Å². The number of piperidine rings is 1. The fourth-order valence-corrected chi connectivity index (χ4v) is 4.02. The van der Waals surface area contributed by atoms with Gasteiger partial charge in [-0.2, -0.15) is 0 Å². The van der Waals surface area contributed by atoms with Gasteiger partial charge in [0.2, 0.25) is 0 Å². The van der Waals surface area contributed by atoms with Crippen LogP contribution in [0.25, 0.3) is 0 Å². The average molecular weight is 208 g/mol. The van der Waals surface area contributed by atoms with Crippen molar-refractivity contribution in [3.8, 4) is 0 Å². The summed E-state index contributed by atoms with van der Waals surface area (Å²) < 4.78 is 0. The predicted octanol–water partition coefficient (Wildman–Crippen LogP) is 2.13. The van der Waals surface area contributed by atoms with Crippen molar-refractivity contribution in [1.29, 1.82) is 0 Å². The van der Waals surface area contributed by atoms with E-state index >= 15 is 0 Å². The third-order valence-electron chi connectivity index (χ3n) is 4.90. The van der Waals surface area contributed by atoms with E-state index < -0.39 is 0 Å². The summed E-state index contributed by atoms with van der Waals surface area (Å²) in [6.07, 6.45) is 11.4. The standard InChI is InChI=1S/C13H24N2/c14-11-8-12(9-11)15-7-3-5-10-4-1-2-6-13(10)15/h10-13H,1-9,14H2/t10-,11?,12?,13-/m1/s1. The molecule has 2 atom stereocenters. The molecule has 0 bridgehead atoms. The van der Waals surface area contributed by atoms with Crippen molar-refractivity contribution in [2.45, 2.75) is 69.5 Å². The Kier molecular flexibility index (Phi) is 2.73. The van der Waals surface area contributed by atoms with E-state index in [2.05, 4.69) is 4.90 Å². The summed E-state index contributed by atoms with van der Waals surface area (Å²) in [5.41, 5.74) is 5.92. The van der Waals surface area contributed by atoms with E-state index in [1.807, 2.05) is 0 Å². The zero-order valence-electron chi connectivity index (χ0n) is 9.70. The van der Waals surface area contributed by atoms with Crippen LogP contribution in [0.2, 0.25) is 0 Å². The molecule has 3 aliphatic rings. The van der Waals surface area contributed by atoms with Crippen molar-refractivity contribution in [2.24, 2.45) is 11.7 Å². The summed E-state index contributed by atoms with van der Waals surface area (Å²) in [5.74, 6) is 1.03. The Bertz CT molecular complexity index is 221. The van der Waals surface area contributed by atoms with Gasteiger partial charge in [0.15, 0.2) is 0 Å². The molecule has 15 heavy (non-hydrogen) atoms. The Morgan fingerprint density at radius 2 is 1.67 bits per heavy atom. The minimum absolute atomic E-state index is 0.513. The molecule has 2 aliphatic carbocycles. The Labute approximate surface area is 93.2 Å². The molecule has 0 amide bonds. The molecule has 0 spiro atoms. The molecule has 0 radical (unpaired) electrons. The average Bonchev–Trinajstić information content (AvgIpc) is 2.24. The molecule has 2 heteroatoms. The zero-order chi connectivity index (χ0) is 10.3. The number of nitrogens with two attached hydrogens (primary N) is 1. The lowest BCUT2D eigenvalue weighted by atomic mass is 9.75. The van der Waals surface area contributed by atoms with Crippen molar-refractivity contribution in [3.63, 3.8) is 0 Å². The highest BCUT2D eigenvalue weighted by Gasteiger charge is 2.40. The maximum absolute atomic E-state index is 5.92. The van der Waals surface area contributed by atoms with Gasteiger partial charge in [-0.3, -0.25) is 4.90 Å². The van der Waals surface area contributed by atoms with Crippen LogP contribution in [0.1, 0.15) is 51.4 Å². The molecular weight excluding hydrogens is 184 g/mol. The second-order valence-corrected chi connectivity index (χ2v) is 5.88. The van der Waals surface area contributed by atoms with Gasteiger partial charge in [0.1, 0.15) is 0 Å². The summed E-state index contributed by atoms with van der Waals surface area (Å²) in [4.78, 5) is 2.83. The quantitative estimate of drug-likeness (QED) is 0.715. The topological polar surface area (TPSA) is 29.3 Å². The van der Waals surface area contributed by atoms with E-state index in [4.69, 9.17) is 5.73 Å². The molecule has 1 aliphatic heterocycles. The highest BCUT2D eigenvalue weighted by atomic mass is 15.2. The molecule has 0 aromatic rings. The fraction of sp³-hybridized carbons (Fsp3) is 1.00. The summed E-state index contributed by atoms with van der Waals surface area (Å²) >= 11 is 0. The lowest BCUT2D eigenvalue weighted by Gasteiger charge is -2.51. The second kappa shape index (κ2) is 4.06. The van der Waals surface area contributed by atoms with Crippen LogP contribution in [0.5, 0.6) is 0 Å². The monoisotopic (exact) mass is 208 g/mol. The molecule has 3 fully saturated rings. The van der Waals surface area contributed by atoms with E-state index in [0.29, 0.717) is 6.04 Å². The SMILES string of the molecule is NC1CC(N2CCC[C@H]3CCCC[C@H]32)C1. The van der Waals surface area contributed by atoms with Crippen molar-refractivity contribution in [1.82, 2.24) is 4.90 Å². The van der Waals surface area contributed by atoms with Crippen LogP contribution in [0, 0.1) is 5.92 Å². The van der Waals surface area contributed by atoms with E-state index in [0.717, 1.165) is 18.0 Å². The van der Waals surface area contributed by atoms with Gasteiger partial charge in [0.25, 0.3) is 0 Å². The first-order valence-electron chi connectivity index (χ1n) is 6.86. The zero-order valence-corrected chi connectivity index (χ0v) is 9.70. The van der Waals surface area contributed by atoms with Crippen LogP contribution in [-0.2, 0) is 0 Å². The summed E-state index contributed by atoms with van der Waals surface area (Å²) in [7, 11) is 0. The van der Waals surface area contributed by atoms with Crippen molar-refractivity contribution in [2.75, 3.05) is 6.54 Å². The van der Waals surface area contributed by atoms with Crippen molar-refractivity contribution < 1.29 is 0 Å². The molecule has 2 nitrogen and oxygen atoms in total.